The van der Waals surface area contributed by atoms with E-state index < -0.39 is 39.5 Å². The standard InChI is InChI=1S/C26H20F4N4O4S/c27-18-2-4-23-16(7-18)11-24(38-23)39(36,37)34-21-9-15(21)10-22(34)25(35)33-13-19-8-14(5-6-31-19)20-3-1-17(12-32-20)26(28,29)30/h1-8,11-12,15,21-22H,9-10,13H2,(H,33,35)/t15-,21-,22+/m1/s1. The van der Waals surface area contributed by atoms with Crippen LogP contribution >= 0.6 is 0 Å². The molecule has 4 aromatic rings. The Morgan fingerprint density at radius 3 is 2.64 bits per heavy atom. The van der Waals surface area contributed by atoms with Crippen molar-refractivity contribution in [2.24, 2.45) is 5.92 Å². The summed E-state index contributed by atoms with van der Waals surface area (Å²) in [6.45, 7) is -0.0308. The highest BCUT2D eigenvalue weighted by Crippen LogP contribution is 2.50. The lowest BCUT2D eigenvalue weighted by Crippen LogP contribution is -2.47. The van der Waals surface area contributed by atoms with Gasteiger partial charge in [0.15, 0.2) is 0 Å². The number of sulfonamides is 1. The maximum Gasteiger partial charge on any atom is 0.417 e. The molecule has 1 aliphatic heterocycles. The van der Waals surface area contributed by atoms with Crippen molar-refractivity contribution in [1.29, 1.82) is 0 Å². The van der Waals surface area contributed by atoms with Crippen LogP contribution in [0.25, 0.3) is 22.2 Å². The molecule has 2 aliphatic rings. The number of hydrogen-bond donors (Lipinski definition) is 1. The number of halogens is 4. The molecular formula is C26H20F4N4O4S. The minimum Gasteiger partial charge on any atom is -0.443 e. The monoisotopic (exact) mass is 560 g/mol. The number of aromatic nitrogens is 2. The Morgan fingerprint density at radius 2 is 1.90 bits per heavy atom. The largest absolute Gasteiger partial charge is 0.443 e. The molecule has 0 spiro atoms. The first-order valence-corrected chi connectivity index (χ1v) is 13.4. The first-order chi connectivity index (χ1) is 18.5. The van der Waals surface area contributed by atoms with E-state index in [1.807, 2.05) is 0 Å². The van der Waals surface area contributed by atoms with Crippen molar-refractivity contribution >= 4 is 26.9 Å². The van der Waals surface area contributed by atoms with Gasteiger partial charge >= 0.3 is 6.18 Å². The molecular weight excluding hydrogens is 540 g/mol. The van der Waals surface area contributed by atoms with Gasteiger partial charge in [0.1, 0.15) is 17.4 Å². The molecule has 6 rings (SSSR count). The summed E-state index contributed by atoms with van der Waals surface area (Å²) in [5.41, 5.74) is 0.583. The van der Waals surface area contributed by atoms with E-state index in [2.05, 4.69) is 15.3 Å². The molecule has 1 N–H and O–H groups in total. The van der Waals surface area contributed by atoms with E-state index in [0.29, 0.717) is 35.2 Å². The molecule has 1 aliphatic carbocycles. The van der Waals surface area contributed by atoms with E-state index in [1.54, 1.807) is 12.1 Å². The Labute approximate surface area is 219 Å². The summed E-state index contributed by atoms with van der Waals surface area (Å²) in [6, 6.07) is 9.02. The van der Waals surface area contributed by atoms with Gasteiger partial charge in [-0.15, -0.1) is 0 Å². The molecule has 0 unspecified atom stereocenters. The number of amides is 1. The number of furan rings is 1. The third kappa shape index (κ3) is 4.76. The van der Waals surface area contributed by atoms with Crippen LogP contribution in [0.2, 0.25) is 0 Å². The van der Waals surface area contributed by atoms with Gasteiger partial charge in [-0.3, -0.25) is 14.8 Å². The molecule has 1 amide bonds. The molecule has 202 valence electrons. The van der Waals surface area contributed by atoms with Crippen molar-refractivity contribution in [3.05, 3.63) is 78.0 Å². The van der Waals surface area contributed by atoms with Gasteiger partial charge in [0.25, 0.3) is 10.0 Å². The smallest absolute Gasteiger partial charge is 0.417 e. The number of benzene rings is 1. The number of hydrogen-bond acceptors (Lipinski definition) is 6. The number of nitrogens with zero attached hydrogens (tertiary/aromatic N) is 3. The fraction of sp³-hybridized carbons (Fsp3) is 0.269. The second kappa shape index (κ2) is 9.12. The number of carbonyl (C=O) groups is 1. The van der Waals surface area contributed by atoms with Crippen LogP contribution in [-0.2, 0) is 27.5 Å². The summed E-state index contributed by atoms with van der Waals surface area (Å²) in [5, 5.41) is 2.67. The van der Waals surface area contributed by atoms with E-state index in [1.165, 1.54) is 40.8 Å². The summed E-state index contributed by atoms with van der Waals surface area (Å²) in [5.74, 6) is -0.975. The van der Waals surface area contributed by atoms with Crippen molar-refractivity contribution in [3.63, 3.8) is 0 Å². The second-order valence-electron chi connectivity index (χ2n) is 9.58. The lowest BCUT2D eigenvalue weighted by Gasteiger charge is -2.24. The molecule has 1 saturated carbocycles. The zero-order chi connectivity index (χ0) is 27.5. The zero-order valence-electron chi connectivity index (χ0n) is 20.0. The molecule has 2 fully saturated rings. The number of pyridine rings is 2. The van der Waals surface area contributed by atoms with Crippen molar-refractivity contribution in [2.75, 3.05) is 0 Å². The van der Waals surface area contributed by atoms with Crippen LogP contribution in [0.3, 0.4) is 0 Å². The summed E-state index contributed by atoms with van der Waals surface area (Å²) >= 11 is 0. The van der Waals surface area contributed by atoms with E-state index in [9.17, 15) is 30.8 Å². The Morgan fingerprint density at radius 1 is 1.08 bits per heavy atom. The van der Waals surface area contributed by atoms with Crippen molar-refractivity contribution in [2.45, 2.75) is 42.7 Å². The predicted octanol–water partition coefficient (Wildman–Crippen LogP) is 4.52. The van der Waals surface area contributed by atoms with Gasteiger partial charge in [-0.25, -0.2) is 12.8 Å². The summed E-state index contributed by atoms with van der Waals surface area (Å²) in [7, 11) is -4.18. The molecule has 39 heavy (non-hydrogen) atoms. The average molecular weight is 561 g/mol. The Bertz CT molecular complexity index is 1690. The van der Waals surface area contributed by atoms with Crippen LogP contribution in [0, 0.1) is 11.7 Å². The first-order valence-electron chi connectivity index (χ1n) is 12.0. The number of alkyl halides is 3. The van der Waals surface area contributed by atoms with E-state index >= 15 is 0 Å². The molecule has 3 atom stereocenters. The van der Waals surface area contributed by atoms with E-state index in [-0.39, 0.29) is 29.2 Å². The predicted molar refractivity (Wildman–Crippen MR) is 130 cm³/mol. The minimum absolute atomic E-state index is 0.0308. The van der Waals surface area contributed by atoms with Crippen LogP contribution in [0.15, 0.2) is 70.4 Å². The Balaban J connectivity index is 1.17. The van der Waals surface area contributed by atoms with E-state index in [0.717, 1.165) is 12.3 Å². The third-order valence-corrected chi connectivity index (χ3v) is 8.77. The quantitative estimate of drug-likeness (QED) is 0.348. The van der Waals surface area contributed by atoms with Gasteiger partial charge in [0.2, 0.25) is 11.0 Å². The minimum atomic E-state index is -4.50. The summed E-state index contributed by atoms with van der Waals surface area (Å²) in [4.78, 5) is 21.2. The van der Waals surface area contributed by atoms with E-state index in [4.69, 9.17) is 4.42 Å². The third-order valence-electron chi connectivity index (χ3n) is 6.98. The Kier molecular flexibility index (Phi) is 5.95. The highest BCUT2D eigenvalue weighted by atomic mass is 32.2. The fourth-order valence-corrected chi connectivity index (χ4v) is 6.78. The van der Waals surface area contributed by atoms with Crippen LogP contribution in [-0.4, -0.2) is 40.7 Å². The van der Waals surface area contributed by atoms with Crippen molar-refractivity contribution < 1.29 is 35.2 Å². The average Bonchev–Trinajstić information content (AvgIpc) is 3.34. The highest BCUT2D eigenvalue weighted by molar-refractivity contribution is 7.89. The lowest BCUT2D eigenvalue weighted by atomic mass is 10.1. The summed E-state index contributed by atoms with van der Waals surface area (Å²) < 4.78 is 85.7. The lowest BCUT2D eigenvalue weighted by molar-refractivity contribution is -0.137. The second-order valence-corrected chi connectivity index (χ2v) is 11.4. The van der Waals surface area contributed by atoms with Gasteiger partial charge in [0.05, 0.1) is 23.5 Å². The molecule has 13 heteroatoms. The number of carbonyl (C=O) groups excluding carboxylic acids is 1. The van der Waals surface area contributed by atoms with Gasteiger partial charge in [-0.2, -0.15) is 17.5 Å². The number of nitrogens with one attached hydrogen (secondary N) is 1. The van der Waals surface area contributed by atoms with Gasteiger partial charge in [-0.1, -0.05) is 0 Å². The number of rotatable bonds is 6. The molecule has 8 nitrogen and oxygen atoms in total. The summed E-state index contributed by atoms with van der Waals surface area (Å²) in [6.07, 6.45) is -1.31. The highest BCUT2D eigenvalue weighted by Gasteiger charge is 2.59. The molecule has 1 aromatic carbocycles. The Hall–Kier alpha value is -3.84. The first kappa shape index (κ1) is 25.4. The van der Waals surface area contributed by atoms with Gasteiger partial charge < -0.3 is 9.73 Å². The molecule has 0 bridgehead atoms. The molecule has 0 radical (unpaired) electrons. The number of piperidine rings is 1. The van der Waals surface area contributed by atoms with Crippen LogP contribution in [0.4, 0.5) is 17.6 Å². The van der Waals surface area contributed by atoms with Crippen molar-refractivity contribution in [3.8, 4) is 11.3 Å². The normalized spacial score (nSPS) is 21.2. The van der Waals surface area contributed by atoms with Gasteiger partial charge in [0, 0.05) is 35.5 Å². The maximum absolute atomic E-state index is 13.6. The fourth-order valence-electron chi connectivity index (χ4n) is 4.97. The van der Waals surface area contributed by atoms with Crippen LogP contribution in [0.1, 0.15) is 24.1 Å². The number of fused-ring (bicyclic) bond motifs is 2. The van der Waals surface area contributed by atoms with Crippen LogP contribution < -0.4 is 5.32 Å². The molecule has 1 saturated heterocycles. The van der Waals surface area contributed by atoms with Crippen LogP contribution in [0.5, 0.6) is 0 Å². The molecule has 3 aromatic heterocycles. The van der Waals surface area contributed by atoms with Crippen molar-refractivity contribution in [1.82, 2.24) is 19.6 Å². The topological polar surface area (TPSA) is 105 Å². The van der Waals surface area contributed by atoms with Gasteiger partial charge in [-0.05, 0) is 61.2 Å². The zero-order valence-corrected chi connectivity index (χ0v) is 20.8. The SMILES string of the molecule is O=C(NCc1cc(-c2ccc(C(F)(F)F)cn2)ccn1)[C@@H]1C[C@H]2C[C@H]2N1S(=O)(=O)c1cc2cc(F)ccc2o1. The molecule has 4 heterocycles. The maximum atomic E-state index is 13.6.